The fourth-order valence-corrected chi connectivity index (χ4v) is 2.30. The first kappa shape index (κ1) is 13.9. The molecule has 1 amide bonds. The highest BCUT2D eigenvalue weighted by atomic mass is 16.5. The minimum atomic E-state index is 0.0444. The second-order valence-corrected chi connectivity index (χ2v) is 5.36. The van der Waals surface area contributed by atoms with Crippen LogP contribution in [-0.4, -0.2) is 19.6 Å². The van der Waals surface area contributed by atoms with Crippen molar-refractivity contribution < 1.29 is 9.53 Å². The average molecular weight is 262 g/mol. The van der Waals surface area contributed by atoms with Crippen LogP contribution in [-0.2, 0) is 17.8 Å². The Bertz CT molecular complexity index is 469. The van der Waals surface area contributed by atoms with E-state index in [9.17, 15) is 4.79 Å². The number of carbonyl (C=O) groups is 1. The van der Waals surface area contributed by atoms with Crippen molar-refractivity contribution in [3.8, 4) is 5.75 Å². The van der Waals surface area contributed by atoms with E-state index >= 15 is 0 Å². The number of rotatable bonds is 6. The molecule has 4 nitrogen and oxygen atoms in total. The van der Waals surface area contributed by atoms with Crippen LogP contribution in [0.1, 0.15) is 31.4 Å². The summed E-state index contributed by atoms with van der Waals surface area (Å²) >= 11 is 0. The molecular formula is C15H22N2O2. The molecule has 1 aromatic rings. The van der Waals surface area contributed by atoms with Crippen LogP contribution in [0.3, 0.4) is 0 Å². The van der Waals surface area contributed by atoms with E-state index < -0.39 is 0 Å². The first-order valence-corrected chi connectivity index (χ1v) is 6.81. The highest BCUT2D eigenvalue weighted by Gasteiger charge is 2.24. The van der Waals surface area contributed by atoms with Crippen LogP contribution in [0, 0.1) is 5.92 Å². The molecule has 0 saturated carbocycles. The van der Waals surface area contributed by atoms with Crippen molar-refractivity contribution in [1.29, 1.82) is 0 Å². The maximum absolute atomic E-state index is 11.6. The molecule has 0 radical (unpaired) electrons. The van der Waals surface area contributed by atoms with Gasteiger partial charge in [-0.05, 0) is 36.1 Å². The van der Waals surface area contributed by atoms with Gasteiger partial charge in [0.25, 0.3) is 0 Å². The average Bonchev–Trinajstić information content (AvgIpc) is 2.75. The summed E-state index contributed by atoms with van der Waals surface area (Å²) < 4.78 is 5.28. The molecule has 0 aromatic heterocycles. The topological polar surface area (TPSA) is 50.4 Å². The monoisotopic (exact) mass is 262 g/mol. The summed E-state index contributed by atoms with van der Waals surface area (Å²) in [4.78, 5) is 11.6. The van der Waals surface area contributed by atoms with Crippen LogP contribution >= 0.6 is 0 Å². The second kappa shape index (κ2) is 6.06. The van der Waals surface area contributed by atoms with Crippen LogP contribution in [0.2, 0.25) is 0 Å². The number of methoxy groups -OCH3 is 1. The smallest absolute Gasteiger partial charge is 0.228 e. The predicted octanol–water partition coefficient (Wildman–Crippen LogP) is 2.33. The van der Waals surface area contributed by atoms with E-state index in [1.807, 2.05) is 12.1 Å². The number of carbonyl (C=O) groups excluding carboxylic acids is 1. The normalized spacial score (nSPS) is 13.6. The van der Waals surface area contributed by atoms with Gasteiger partial charge in [-0.3, -0.25) is 4.79 Å². The third-order valence-electron chi connectivity index (χ3n) is 3.41. The molecule has 0 spiro atoms. The van der Waals surface area contributed by atoms with Gasteiger partial charge in [0.1, 0.15) is 5.75 Å². The molecule has 1 aromatic carbocycles. The Hall–Kier alpha value is -1.55. The van der Waals surface area contributed by atoms with Crippen molar-refractivity contribution in [3.63, 3.8) is 0 Å². The highest BCUT2D eigenvalue weighted by Crippen LogP contribution is 2.35. The Morgan fingerprint density at radius 3 is 2.89 bits per heavy atom. The lowest BCUT2D eigenvalue weighted by Gasteiger charge is -2.12. The summed E-state index contributed by atoms with van der Waals surface area (Å²) in [6.45, 7) is 6.23. The van der Waals surface area contributed by atoms with Gasteiger partial charge in [-0.15, -0.1) is 0 Å². The summed E-state index contributed by atoms with van der Waals surface area (Å²) in [5.41, 5.74) is 3.09. The fourth-order valence-electron chi connectivity index (χ4n) is 2.30. The number of fused-ring (bicyclic) bond motifs is 1. The van der Waals surface area contributed by atoms with Crippen molar-refractivity contribution in [3.05, 3.63) is 23.3 Å². The summed E-state index contributed by atoms with van der Waals surface area (Å²) in [6, 6.07) is 3.96. The Kier molecular flexibility index (Phi) is 4.43. The van der Waals surface area contributed by atoms with E-state index in [0.29, 0.717) is 12.3 Å². The molecule has 0 fully saturated rings. The van der Waals surface area contributed by atoms with Gasteiger partial charge in [0.05, 0.1) is 19.2 Å². The Morgan fingerprint density at radius 1 is 1.42 bits per heavy atom. The van der Waals surface area contributed by atoms with Crippen LogP contribution in [0.15, 0.2) is 12.1 Å². The van der Waals surface area contributed by atoms with Crippen LogP contribution in [0.25, 0.3) is 0 Å². The van der Waals surface area contributed by atoms with Crippen molar-refractivity contribution in [2.24, 2.45) is 5.92 Å². The maximum Gasteiger partial charge on any atom is 0.228 e. The van der Waals surface area contributed by atoms with Crippen molar-refractivity contribution in [1.82, 2.24) is 5.32 Å². The zero-order chi connectivity index (χ0) is 13.8. The molecule has 0 unspecified atom stereocenters. The standard InChI is InChI=1S/C15H22N2O2/c1-10(2)6-7-16-9-11-4-5-13(19-3)15-12(11)8-14(18)17-15/h4-5,10,16H,6-9H2,1-3H3,(H,17,18). The Balaban J connectivity index is 2.06. The Morgan fingerprint density at radius 2 is 2.21 bits per heavy atom. The molecule has 0 atom stereocenters. The van der Waals surface area contributed by atoms with E-state index in [0.717, 1.165) is 36.5 Å². The lowest BCUT2D eigenvalue weighted by Crippen LogP contribution is -2.17. The summed E-state index contributed by atoms with van der Waals surface area (Å²) in [6.07, 6.45) is 1.61. The first-order valence-electron chi connectivity index (χ1n) is 6.81. The van der Waals surface area contributed by atoms with E-state index in [1.165, 1.54) is 5.56 Å². The summed E-state index contributed by atoms with van der Waals surface area (Å²) in [5, 5.41) is 6.31. The molecular weight excluding hydrogens is 240 g/mol. The molecule has 1 heterocycles. The number of nitrogens with one attached hydrogen (secondary N) is 2. The molecule has 1 aliphatic heterocycles. The minimum absolute atomic E-state index is 0.0444. The highest BCUT2D eigenvalue weighted by molar-refractivity contribution is 6.01. The largest absolute Gasteiger partial charge is 0.495 e. The van der Waals surface area contributed by atoms with E-state index in [1.54, 1.807) is 7.11 Å². The van der Waals surface area contributed by atoms with E-state index in [2.05, 4.69) is 24.5 Å². The molecule has 1 aliphatic rings. The van der Waals surface area contributed by atoms with Crippen LogP contribution in [0.4, 0.5) is 5.69 Å². The van der Waals surface area contributed by atoms with E-state index in [4.69, 9.17) is 4.74 Å². The quantitative estimate of drug-likeness (QED) is 0.774. The molecule has 2 N–H and O–H groups in total. The number of hydrogen-bond acceptors (Lipinski definition) is 3. The minimum Gasteiger partial charge on any atom is -0.495 e. The number of anilines is 1. The van der Waals surface area contributed by atoms with Gasteiger partial charge in [0.2, 0.25) is 5.91 Å². The maximum atomic E-state index is 11.6. The lowest BCUT2D eigenvalue weighted by atomic mass is 10.0. The van der Waals surface area contributed by atoms with Crippen molar-refractivity contribution >= 4 is 11.6 Å². The first-order chi connectivity index (χ1) is 9.11. The Labute approximate surface area is 114 Å². The van der Waals surface area contributed by atoms with Gasteiger partial charge < -0.3 is 15.4 Å². The summed E-state index contributed by atoms with van der Waals surface area (Å²) in [7, 11) is 1.63. The molecule has 0 saturated heterocycles. The van der Waals surface area contributed by atoms with Crippen molar-refractivity contribution in [2.45, 2.75) is 33.2 Å². The molecule has 4 heteroatoms. The molecule has 19 heavy (non-hydrogen) atoms. The van der Waals surface area contributed by atoms with Gasteiger partial charge in [-0.2, -0.15) is 0 Å². The fraction of sp³-hybridized carbons (Fsp3) is 0.533. The third-order valence-corrected chi connectivity index (χ3v) is 3.41. The van der Waals surface area contributed by atoms with Gasteiger partial charge >= 0.3 is 0 Å². The molecule has 0 aliphatic carbocycles. The zero-order valence-corrected chi connectivity index (χ0v) is 11.9. The number of ether oxygens (including phenoxy) is 1. The van der Waals surface area contributed by atoms with E-state index in [-0.39, 0.29) is 5.91 Å². The number of hydrogen-bond donors (Lipinski definition) is 2. The number of amides is 1. The van der Waals surface area contributed by atoms with Gasteiger partial charge in [0, 0.05) is 6.54 Å². The van der Waals surface area contributed by atoms with Gasteiger partial charge in [-0.25, -0.2) is 0 Å². The molecule has 104 valence electrons. The SMILES string of the molecule is COc1ccc(CNCCC(C)C)c2c1NC(=O)C2. The second-order valence-electron chi connectivity index (χ2n) is 5.36. The van der Waals surface area contributed by atoms with Gasteiger partial charge in [0.15, 0.2) is 0 Å². The zero-order valence-electron chi connectivity index (χ0n) is 11.9. The third kappa shape index (κ3) is 3.26. The lowest BCUT2D eigenvalue weighted by molar-refractivity contribution is -0.115. The van der Waals surface area contributed by atoms with Crippen molar-refractivity contribution in [2.75, 3.05) is 19.0 Å². The van der Waals surface area contributed by atoms with Gasteiger partial charge in [-0.1, -0.05) is 19.9 Å². The molecule has 2 rings (SSSR count). The van der Waals surface area contributed by atoms with Crippen LogP contribution < -0.4 is 15.4 Å². The summed E-state index contributed by atoms with van der Waals surface area (Å²) in [5.74, 6) is 1.49. The molecule has 0 bridgehead atoms. The van der Waals surface area contributed by atoms with Crippen LogP contribution in [0.5, 0.6) is 5.75 Å². The number of benzene rings is 1. The predicted molar refractivity (Wildman–Crippen MR) is 76.5 cm³/mol.